The van der Waals surface area contributed by atoms with E-state index < -0.39 is 5.97 Å². The molecule has 0 aliphatic carbocycles. The number of rotatable bonds is 13. The zero-order valence-electron chi connectivity index (χ0n) is 24.1. The molecule has 4 aromatic rings. The summed E-state index contributed by atoms with van der Waals surface area (Å²) in [6.45, 7) is 9.31. The fraction of sp³-hybridized carbons (Fsp3) is 0.333. The van der Waals surface area contributed by atoms with E-state index in [1.165, 1.54) is 0 Å². The second kappa shape index (κ2) is 13.4. The first kappa shape index (κ1) is 29.6. The predicted octanol–water partition coefficient (Wildman–Crippen LogP) is 3.48. The van der Waals surface area contributed by atoms with Crippen molar-refractivity contribution in [2.75, 3.05) is 31.7 Å². The van der Waals surface area contributed by atoms with Gasteiger partial charge in [0.1, 0.15) is 11.3 Å². The summed E-state index contributed by atoms with van der Waals surface area (Å²) in [5, 5.41) is 12.3. The number of aromatic nitrogens is 5. The summed E-state index contributed by atoms with van der Waals surface area (Å²) in [4.78, 5) is 45.9. The standard InChI is InChI=1S/C30H33N7O6/c1-20-18-22(3)36-12-10-25(29(36)31-20)30(40)32-24-7-5-23(6-8-24)26-19-35(34-33-26)13-15-42-17-16-41-14-11-28(39)43-37-21(2)4-9-27(37)38/h5-8,10,12,18-19H,2,4,9,11,13-17H2,1,3H3,(H,32,40). The normalized spacial score (nSPS) is 13.2. The number of hydrogen-bond acceptors (Lipinski definition) is 9. The van der Waals surface area contributed by atoms with Crippen LogP contribution in [0.5, 0.6) is 0 Å². The Balaban J connectivity index is 1.00. The fourth-order valence-corrected chi connectivity index (χ4v) is 4.56. The predicted molar refractivity (Wildman–Crippen MR) is 156 cm³/mol. The van der Waals surface area contributed by atoms with Crippen molar-refractivity contribution in [1.82, 2.24) is 29.4 Å². The average Bonchev–Trinajstić information content (AvgIpc) is 3.71. The molecule has 1 N–H and O–H groups in total. The molecular weight excluding hydrogens is 554 g/mol. The molecule has 13 nitrogen and oxygen atoms in total. The van der Waals surface area contributed by atoms with E-state index in [9.17, 15) is 14.4 Å². The Morgan fingerprint density at radius 1 is 1.02 bits per heavy atom. The van der Waals surface area contributed by atoms with E-state index in [2.05, 4.69) is 27.2 Å². The molecule has 224 valence electrons. The molecule has 1 aliphatic heterocycles. The number of benzene rings is 1. The van der Waals surface area contributed by atoms with E-state index >= 15 is 0 Å². The van der Waals surface area contributed by atoms with Crippen molar-refractivity contribution in [2.45, 2.75) is 39.7 Å². The minimum absolute atomic E-state index is 0.0214. The number of fused-ring (bicyclic) bond motifs is 1. The lowest BCUT2D eigenvalue weighted by Gasteiger charge is -2.15. The summed E-state index contributed by atoms with van der Waals surface area (Å²) in [5.41, 5.74) is 5.70. The van der Waals surface area contributed by atoms with Gasteiger partial charge in [0, 0.05) is 35.3 Å². The number of aryl methyl sites for hydroxylation is 2. The highest BCUT2D eigenvalue weighted by atomic mass is 16.7. The van der Waals surface area contributed by atoms with Crippen LogP contribution in [0.15, 0.2) is 61.1 Å². The summed E-state index contributed by atoms with van der Waals surface area (Å²) in [6, 6.07) is 11.1. The van der Waals surface area contributed by atoms with Crippen molar-refractivity contribution in [3.8, 4) is 11.3 Å². The van der Waals surface area contributed by atoms with E-state index in [0.717, 1.165) is 22.0 Å². The van der Waals surface area contributed by atoms with Gasteiger partial charge in [-0.2, -0.15) is 0 Å². The van der Waals surface area contributed by atoms with Crippen LogP contribution in [0.25, 0.3) is 16.9 Å². The van der Waals surface area contributed by atoms with E-state index in [4.69, 9.17) is 14.3 Å². The van der Waals surface area contributed by atoms with E-state index in [1.54, 1.807) is 10.7 Å². The molecule has 13 heteroatoms. The van der Waals surface area contributed by atoms with Crippen molar-refractivity contribution >= 4 is 29.1 Å². The van der Waals surface area contributed by atoms with Crippen LogP contribution in [-0.2, 0) is 30.4 Å². The zero-order chi connectivity index (χ0) is 30.3. The summed E-state index contributed by atoms with van der Waals surface area (Å²) >= 11 is 0. The lowest BCUT2D eigenvalue weighted by molar-refractivity contribution is -0.187. The summed E-state index contributed by atoms with van der Waals surface area (Å²) in [5.74, 6) is -1.04. The molecule has 0 saturated carbocycles. The summed E-state index contributed by atoms with van der Waals surface area (Å²) in [6.07, 6.45) is 4.49. The molecule has 1 saturated heterocycles. The van der Waals surface area contributed by atoms with Gasteiger partial charge in [-0.25, -0.2) is 14.5 Å². The maximum atomic E-state index is 12.9. The molecule has 0 atom stereocenters. The topological polar surface area (TPSA) is 142 Å². The molecule has 0 bridgehead atoms. The summed E-state index contributed by atoms with van der Waals surface area (Å²) in [7, 11) is 0. The summed E-state index contributed by atoms with van der Waals surface area (Å²) < 4.78 is 14.6. The van der Waals surface area contributed by atoms with Gasteiger partial charge in [0.2, 0.25) is 0 Å². The van der Waals surface area contributed by atoms with Gasteiger partial charge >= 0.3 is 5.97 Å². The maximum Gasteiger partial charge on any atom is 0.335 e. The number of nitrogens with one attached hydrogen (secondary N) is 1. The first-order valence-corrected chi connectivity index (χ1v) is 13.9. The van der Waals surface area contributed by atoms with Gasteiger partial charge in [-0.15, -0.1) is 10.2 Å². The third-order valence-corrected chi connectivity index (χ3v) is 6.78. The van der Waals surface area contributed by atoms with Gasteiger partial charge in [0.25, 0.3) is 11.8 Å². The van der Waals surface area contributed by atoms with Crippen LogP contribution in [0.1, 0.15) is 41.0 Å². The van der Waals surface area contributed by atoms with Crippen molar-refractivity contribution in [2.24, 2.45) is 0 Å². The Morgan fingerprint density at radius 3 is 2.53 bits per heavy atom. The monoisotopic (exact) mass is 587 g/mol. The van der Waals surface area contributed by atoms with Crippen LogP contribution in [-0.4, -0.2) is 73.7 Å². The maximum absolute atomic E-state index is 12.9. The van der Waals surface area contributed by atoms with Crippen LogP contribution >= 0.6 is 0 Å². The number of anilines is 1. The minimum atomic E-state index is -0.549. The number of hydrogen-bond donors (Lipinski definition) is 1. The second-order valence-corrected chi connectivity index (χ2v) is 10.1. The molecule has 1 fully saturated rings. The van der Waals surface area contributed by atoms with Gasteiger partial charge in [-0.3, -0.25) is 9.59 Å². The molecule has 0 radical (unpaired) electrons. The number of ether oxygens (including phenoxy) is 2. The van der Waals surface area contributed by atoms with Crippen molar-refractivity contribution in [1.29, 1.82) is 0 Å². The van der Waals surface area contributed by atoms with Gasteiger partial charge in [0.15, 0.2) is 0 Å². The number of carbonyl (C=O) groups is 3. The quantitative estimate of drug-likeness (QED) is 0.233. The van der Waals surface area contributed by atoms with Gasteiger partial charge in [-0.05, 0) is 44.5 Å². The molecular formula is C30H33N7O6. The number of carbonyl (C=O) groups excluding carboxylic acids is 3. The molecule has 4 heterocycles. The highest BCUT2D eigenvalue weighted by Crippen LogP contribution is 2.22. The van der Waals surface area contributed by atoms with Crippen LogP contribution in [0, 0.1) is 13.8 Å². The molecule has 0 spiro atoms. The van der Waals surface area contributed by atoms with E-state index in [-0.39, 0.29) is 24.8 Å². The van der Waals surface area contributed by atoms with Crippen LogP contribution in [0.2, 0.25) is 0 Å². The highest BCUT2D eigenvalue weighted by Gasteiger charge is 2.28. The Kier molecular flexibility index (Phi) is 9.23. The number of allylic oxidation sites excluding steroid dienone is 1. The first-order valence-electron chi connectivity index (χ1n) is 13.9. The Labute approximate surface area is 248 Å². The molecule has 43 heavy (non-hydrogen) atoms. The average molecular weight is 588 g/mol. The molecule has 2 amide bonds. The smallest absolute Gasteiger partial charge is 0.335 e. The Hall–Kier alpha value is -4.88. The number of hydroxylamine groups is 2. The lowest BCUT2D eigenvalue weighted by Crippen LogP contribution is -2.27. The largest absolute Gasteiger partial charge is 0.378 e. The number of nitrogens with zero attached hydrogens (tertiary/aromatic N) is 6. The zero-order valence-corrected chi connectivity index (χ0v) is 24.1. The van der Waals surface area contributed by atoms with E-state index in [1.807, 2.05) is 61.0 Å². The van der Waals surface area contributed by atoms with Crippen molar-refractivity contribution < 1.29 is 28.7 Å². The molecule has 0 unspecified atom stereocenters. The lowest BCUT2D eigenvalue weighted by atomic mass is 10.1. The third kappa shape index (κ3) is 7.31. The van der Waals surface area contributed by atoms with Gasteiger partial charge < -0.3 is 24.0 Å². The molecule has 1 aromatic carbocycles. The second-order valence-electron chi connectivity index (χ2n) is 10.1. The minimum Gasteiger partial charge on any atom is -0.378 e. The van der Waals surface area contributed by atoms with Crippen LogP contribution in [0.4, 0.5) is 5.69 Å². The highest BCUT2D eigenvalue weighted by molar-refractivity contribution is 6.08. The number of amides is 2. The van der Waals surface area contributed by atoms with Crippen molar-refractivity contribution in [3.05, 3.63) is 78.0 Å². The van der Waals surface area contributed by atoms with Crippen LogP contribution < -0.4 is 5.32 Å². The SMILES string of the molecule is C=C1CCC(=O)N1OC(=O)CCOCCOCCn1cc(-c2ccc(NC(=O)c3ccn4c(C)cc(C)nc34)cc2)nn1. The first-order chi connectivity index (χ1) is 20.8. The van der Waals surface area contributed by atoms with Crippen molar-refractivity contribution in [3.63, 3.8) is 0 Å². The van der Waals surface area contributed by atoms with E-state index in [0.29, 0.717) is 67.5 Å². The van der Waals surface area contributed by atoms with Gasteiger partial charge in [0.05, 0.1) is 56.9 Å². The fourth-order valence-electron chi connectivity index (χ4n) is 4.56. The molecule has 5 rings (SSSR count). The molecule has 1 aliphatic rings. The van der Waals surface area contributed by atoms with Crippen LogP contribution in [0.3, 0.4) is 0 Å². The Morgan fingerprint density at radius 2 is 1.79 bits per heavy atom. The van der Waals surface area contributed by atoms with Gasteiger partial charge in [-0.1, -0.05) is 23.9 Å². The molecule has 3 aromatic heterocycles. The Bertz CT molecular complexity index is 1630. The third-order valence-electron chi connectivity index (χ3n) is 6.78.